The van der Waals surface area contributed by atoms with E-state index in [9.17, 15) is 0 Å². The van der Waals surface area contributed by atoms with Crippen LogP contribution in [0.15, 0.2) is 12.2 Å². The van der Waals surface area contributed by atoms with E-state index in [0.717, 1.165) is 19.0 Å². The van der Waals surface area contributed by atoms with Gasteiger partial charge in [-0.1, -0.05) is 32.9 Å². The highest BCUT2D eigenvalue weighted by molar-refractivity contribution is 5.03. The van der Waals surface area contributed by atoms with Crippen LogP contribution in [0, 0.1) is 11.3 Å². The first-order chi connectivity index (χ1) is 7.29. The maximum absolute atomic E-state index is 6.02. The second-order valence-electron chi connectivity index (χ2n) is 6.65. The monoisotopic (exact) mass is 224 g/mol. The lowest BCUT2D eigenvalue weighted by Crippen LogP contribution is -2.57. The minimum atomic E-state index is 0.125. The SMILES string of the molecule is C=C(C)CNC1(CN)CC(C)CC(C)(C)C1. The molecule has 1 saturated carbocycles. The summed E-state index contributed by atoms with van der Waals surface area (Å²) in [4.78, 5) is 0. The van der Waals surface area contributed by atoms with E-state index in [1.54, 1.807) is 0 Å². The van der Waals surface area contributed by atoms with Crippen molar-refractivity contribution in [3.8, 4) is 0 Å². The van der Waals surface area contributed by atoms with E-state index in [1.165, 1.54) is 24.8 Å². The van der Waals surface area contributed by atoms with Crippen LogP contribution in [0.1, 0.15) is 47.0 Å². The highest BCUT2D eigenvalue weighted by atomic mass is 15.0. The Balaban J connectivity index is 2.73. The third-order valence-corrected chi connectivity index (χ3v) is 3.61. The quantitative estimate of drug-likeness (QED) is 0.721. The lowest BCUT2D eigenvalue weighted by Gasteiger charge is -2.48. The largest absolute Gasteiger partial charge is 0.329 e. The van der Waals surface area contributed by atoms with Gasteiger partial charge >= 0.3 is 0 Å². The Kier molecular flexibility index (Phi) is 4.19. The molecule has 94 valence electrons. The predicted octanol–water partition coefficient (Wildman–Crippen LogP) is 2.70. The van der Waals surface area contributed by atoms with Crippen LogP contribution in [0.2, 0.25) is 0 Å². The molecule has 0 aromatic heterocycles. The van der Waals surface area contributed by atoms with Gasteiger partial charge in [0.2, 0.25) is 0 Å². The van der Waals surface area contributed by atoms with Gasteiger partial charge in [-0.2, -0.15) is 0 Å². The maximum atomic E-state index is 6.02. The van der Waals surface area contributed by atoms with Crippen molar-refractivity contribution in [1.82, 2.24) is 5.32 Å². The highest BCUT2D eigenvalue weighted by Gasteiger charge is 2.41. The van der Waals surface area contributed by atoms with Crippen LogP contribution in [0.4, 0.5) is 0 Å². The first-order valence-electron chi connectivity index (χ1n) is 6.38. The molecule has 0 aliphatic heterocycles. The molecular formula is C14H28N2. The van der Waals surface area contributed by atoms with Crippen LogP contribution < -0.4 is 11.1 Å². The maximum Gasteiger partial charge on any atom is 0.0314 e. The van der Waals surface area contributed by atoms with Gasteiger partial charge in [0, 0.05) is 18.6 Å². The highest BCUT2D eigenvalue weighted by Crippen LogP contribution is 2.43. The smallest absolute Gasteiger partial charge is 0.0314 e. The molecule has 2 atom stereocenters. The van der Waals surface area contributed by atoms with E-state index >= 15 is 0 Å². The topological polar surface area (TPSA) is 38.0 Å². The predicted molar refractivity (Wildman–Crippen MR) is 71.4 cm³/mol. The molecule has 0 saturated heterocycles. The Morgan fingerprint density at radius 2 is 2.06 bits per heavy atom. The molecule has 2 nitrogen and oxygen atoms in total. The molecule has 1 aliphatic carbocycles. The zero-order chi connectivity index (χ0) is 12.4. The van der Waals surface area contributed by atoms with Gasteiger partial charge in [0.15, 0.2) is 0 Å². The van der Waals surface area contributed by atoms with Gasteiger partial charge in [-0.15, -0.1) is 0 Å². The molecule has 2 heteroatoms. The Bertz CT molecular complexity index is 257. The summed E-state index contributed by atoms with van der Waals surface area (Å²) in [6, 6.07) is 0. The molecular weight excluding hydrogens is 196 g/mol. The van der Waals surface area contributed by atoms with Gasteiger partial charge in [0.25, 0.3) is 0 Å². The molecule has 1 aliphatic rings. The van der Waals surface area contributed by atoms with Crippen molar-refractivity contribution in [2.45, 2.75) is 52.5 Å². The molecule has 0 heterocycles. The Morgan fingerprint density at radius 3 is 2.50 bits per heavy atom. The van der Waals surface area contributed by atoms with Crippen molar-refractivity contribution in [3.05, 3.63) is 12.2 Å². The van der Waals surface area contributed by atoms with Gasteiger partial charge in [-0.25, -0.2) is 0 Å². The van der Waals surface area contributed by atoms with Crippen LogP contribution in [0.3, 0.4) is 0 Å². The number of rotatable bonds is 4. The number of hydrogen-bond donors (Lipinski definition) is 2. The first kappa shape index (κ1) is 13.7. The van der Waals surface area contributed by atoms with Gasteiger partial charge in [-0.3, -0.25) is 0 Å². The Labute approximate surface area is 101 Å². The van der Waals surface area contributed by atoms with Crippen molar-refractivity contribution in [2.24, 2.45) is 17.1 Å². The Morgan fingerprint density at radius 1 is 1.44 bits per heavy atom. The van der Waals surface area contributed by atoms with E-state index in [4.69, 9.17) is 5.73 Å². The van der Waals surface area contributed by atoms with E-state index in [-0.39, 0.29) is 5.54 Å². The first-order valence-corrected chi connectivity index (χ1v) is 6.38. The number of nitrogens with two attached hydrogens (primary N) is 1. The zero-order valence-electron chi connectivity index (χ0n) is 11.4. The van der Waals surface area contributed by atoms with Crippen molar-refractivity contribution >= 4 is 0 Å². The number of nitrogens with one attached hydrogen (secondary N) is 1. The molecule has 0 aromatic rings. The average Bonchev–Trinajstić information content (AvgIpc) is 2.11. The molecule has 0 aromatic carbocycles. The summed E-state index contributed by atoms with van der Waals surface area (Å²) in [5, 5.41) is 3.65. The molecule has 16 heavy (non-hydrogen) atoms. The zero-order valence-corrected chi connectivity index (χ0v) is 11.4. The van der Waals surface area contributed by atoms with Crippen molar-refractivity contribution in [2.75, 3.05) is 13.1 Å². The van der Waals surface area contributed by atoms with Gasteiger partial charge in [-0.05, 0) is 37.5 Å². The molecule has 2 unspecified atom stereocenters. The van der Waals surface area contributed by atoms with Gasteiger partial charge < -0.3 is 11.1 Å². The van der Waals surface area contributed by atoms with Crippen LogP contribution in [0.25, 0.3) is 0 Å². The van der Waals surface area contributed by atoms with E-state index in [0.29, 0.717) is 5.41 Å². The molecule has 0 amide bonds. The summed E-state index contributed by atoms with van der Waals surface area (Å²) in [5.41, 5.74) is 7.73. The standard InChI is InChI=1S/C14H28N2/c1-11(2)8-16-14(10-15)7-12(3)6-13(4,5)9-14/h12,16H,1,6-10,15H2,2-5H3. The third-order valence-electron chi connectivity index (χ3n) is 3.61. The summed E-state index contributed by atoms with van der Waals surface area (Å²) in [5.74, 6) is 0.755. The van der Waals surface area contributed by atoms with E-state index < -0.39 is 0 Å². The summed E-state index contributed by atoms with van der Waals surface area (Å²) >= 11 is 0. The molecule has 0 spiro atoms. The van der Waals surface area contributed by atoms with E-state index in [2.05, 4.69) is 39.6 Å². The molecule has 3 N–H and O–H groups in total. The summed E-state index contributed by atoms with van der Waals surface area (Å²) < 4.78 is 0. The van der Waals surface area contributed by atoms with Crippen molar-refractivity contribution in [1.29, 1.82) is 0 Å². The van der Waals surface area contributed by atoms with Gasteiger partial charge in [0.05, 0.1) is 0 Å². The van der Waals surface area contributed by atoms with Crippen LogP contribution in [-0.4, -0.2) is 18.6 Å². The van der Waals surface area contributed by atoms with E-state index in [1.807, 2.05) is 0 Å². The minimum absolute atomic E-state index is 0.125. The number of hydrogen-bond acceptors (Lipinski definition) is 2. The molecule has 0 bridgehead atoms. The van der Waals surface area contributed by atoms with Gasteiger partial charge in [0.1, 0.15) is 0 Å². The molecule has 1 fully saturated rings. The summed E-state index contributed by atoms with van der Waals surface area (Å²) in [6.07, 6.45) is 3.68. The van der Waals surface area contributed by atoms with Crippen LogP contribution in [-0.2, 0) is 0 Å². The fraction of sp³-hybridized carbons (Fsp3) is 0.857. The van der Waals surface area contributed by atoms with Crippen molar-refractivity contribution < 1.29 is 0 Å². The van der Waals surface area contributed by atoms with Crippen molar-refractivity contribution in [3.63, 3.8) is 0 Å². The molecule has 0 radical (unpaired) electrons. The van der Waals surface area contributed by atoms with Crippen LogP contribution in [0.5, 0.6) is 0 Å². The fourth-order valence-corrected chi connectivity index (χ4v) is 3.44. The summed E-state index contributed by atoms with van der Waals surface area (Å²) in [7, 11) is 0. The third kappa shape index (κ3) is 3.60. The second kappa shape index (κ2) is 4.89. The lowest BCUT2D eigenvalue weighted by atomic mass is 9.64. The molecule has 1 rings (SSSR count). The summed E-state index contributed by atoms with van der Waals surface area (Å²) in [6.45, 7) is 14.7. The Hall–Kier alpha value is -0.340. The van der Waals surface area contributed by atoms with Crippen LogP contribution >= 0.6 is 0 Å². The fourth-order valence-electron chi connectivity index (χ4n) is 3.44. The normalized spacial score (nSPS) is 33.7. The minimum Gasteiger partial charge on any atom is -0.329 e. The second-order valence-corrected chi connectivity index (χ2v) is 6.65. The lowest BCUT2D eigenvalue weighted by molar-refractivity contribution is 0.0884. The average molecular weight is 224 g/mol.